The van der Waals surface area contributed by atoms with Crippen LogP contribution in [0.15, 0.2) is 133 Å². The van der Waals surface area contributed by atoms with Gasteiger partial charge in [-0.1, -0.05) is 174 Å². The molecule has 2 nitrogen and oxygen atoms in total. The zero-order valence-electron chi connectivity index (χ0n) is 42.5. The molecule has 4 heteroatoms. The van der Waals surface area contributed by atoms with Gasteiger partial charge in [-0.15, -0.1) is 11.3 Å². The largest absolute Gasteiger partial charge is 0.375 e. The summed E-state index contributed by atoms with van der Waals surface area (Å²) >= 11 is 1.98. The molecule has 340 valence electrons. The van der Waals surface area contributed by atoms with Gasteiger partial charge in [-0.05, 0) is 145 Å². The van der Waals surface area contributed by atoms with Gasteiger partial charge in [-0.3, -0.25) is 0 Å². The maximum Gasteiger partial charge on any atom is 0.343 e. The van der Waals surface area contributed by atoms with Crippen LogP contribution in [-0.4, -0.2) is 6.85 Å². The summed E-state index contributed by atoms with van der Waals surface area (Å²) in [6.45, 7) is 31.1. The number of aryl methyl sites for hydroxylation is 1. The first-order valence-electron chi connectivity index (χ1n) is 25.1. The standard InChI is InChI=1S/C64H65BN2S/c1-38-33-46-43-28-29-48-55(47-36-50-51(37-49(47)64(48,12)13)63(10,11)32-31-62(50,8)9)57(43)67(42-26-23-40(24-27-42)60(2,3)4)65-56(46)53(34-38)66(58-44-21-17-18-22-54(44)68-59(58)65)52-30-25-41(61(5,6)7)35-45(52)39-19-15-14-16-20-39/h14-30,33-37H,31-32H2,1-13H3. The van der Waals surface area contributed by atoms with Gasteiger partial charge < -0.3 is 9.71 Å². The molecule has 0 radical (unpaired) electrons. The van der Waals surface area contributed by atoms with Gasteiger partial charge in [0.2, 0.25) is 0 Å². The second-order valence-electron chi connectivity index (χ2n) is 24.5. The highest BCUT2D eigenvalue weighted by atomic mass is 32.1. The number of hydrogen-bond donors (Lipinski definition) is 0. The van der Waals surface area contributed by atoms with Crippen LogP contribution in [0.1, 0.15) is 135 Å². The minimum absolute atomic E-state index is 0.0107. The first kappa shape index (κ1) is 43.4. The lowest BCUT2D eigenvalue weighted by Crippen LogP contribution is -2.60. The monoisotopic (exact) mass is 904 g/mol. The molecule has 0 N–H and O–H groups in total. The molecular weight excluding hydrogens is 840 g/mol. The predicted octanol–water partition coefficient (Wildman–Crippen LogP) is 16.8. The summed E-state index contributed by atoms with van der Waals surface area (Å²) in [4.78, 5) is 5.47. The van der Waals surface area contributed by atoms with Crippen LogP contribution in [0.5, 0.6) is 0 Å². The SMILES string of the molecule is Cc1cc2c3c(c1)N(c1ccc(C(C)(C)C)cc1-c1ccccc1)c1c(sc4ccccc14)B3N(c1ccc(C(C)(C)C)cc1)c1c-2ccc2c1-c1cc3c(cc1C2(C)C)C(C)(C)CCC3(C)C. The minimum atomic E-state index is -0.175. The molecule has 0 saturated carbocycles. The Labute approximate surface area is 410 Å². The van der Waals surface area contributed by atoms with E-state index in [1.807, 2.05) is 11.3 Å². The molecule has 12 rings (SSSR count). The second kappa shape index (κ2) is 14.4. The van der Waals surface area contributed by atoms with Gasteiger partial charge in [0.15, 0.2) is 0 Å². The van der Waals surface area contributed by atoms with Crippen molar-refractivity contribution < 1.29 is 0 Å². The van der Waals surface area contributed by atoms with Gasteiger partial charge in [-0.2, -0.15) is 0 Å². The maximum atomic E-state index is 2.80. The number of thiophene rings is 1. The van der Waals surface area contributed by atoms with Crippen LogP contribution in [0.25, 0.3) is 43.5 Å². The molecule has 68 heavy (non-hydrogen) atoms. The third-order valence-electron chi connectivity index (χ3n) is 16.7. The minimum Gasteiger partial charge on any atom is -0.375 e. The van der Waals surface area contributed by atoms with Crippen LogP contribution in [0.3, 0.4) is 0 Å². The van der Waals surface area contributed by atoms with Gasteiger partial charge in [0.05, 0.1) is 11.4 Å². The van der Waals surface area contributed by atoms with Crippen LogP contribution < -0.4 is 20.0 Å². The molecule has 0 unspecified atom stereocenters. The Bertz CT molecular complexity index is 3410. The lowest BCUT2D eigenvalue weighted by atomic mass is 9.46. The number of rotatable bonds is 3. The molecular formula is C64H65BN2S. The fourth-order valence-corrected chi connectivity index (χ4v) is 13.9. The average Bonchev–Trinajstić information content (AvgIpc) is 3.79. The topological polar surface area (TPSA) is 6.48 Å². The van der Waals surface area contributed by atoms with Gasteiger partial charge in [-0.25, -0.2) is 0 Å². The van der Waals surface area contributed by atoms with Crippen molar-refractivity contribution in [1.29, 1.82) is 0 Å². The van der Waals surface area contributed by atoms with E-state index in [4.69, 9.17) is 0 Å². The molecule has 4 aliphatic rings. The van der Waals surface area contributed by atoms with E-state index in [1.54, 1.807) is 0 Å². The van der Waals surface area contributed by atoms with E-state index in [0.29, 0.717) is 0 Å². The van der Waals surface area contributed by atoms with Crippen molar-refractivity contribution in [1.82, 2.24) is 0 Å². The van der Waals surface area contributed by atoms with E-state index in [0.717, 1.165) is 0 Å². The Morgan fingerprint density at radius 2 is 1.18 bits per heavy atom. The molecule has 3 heterocycles. The van der Waals surface area contributed by atoms with Crippen molar-refractivity contribution >= 4 is 66.9 Å². The number of benzene rings is 7. The van der Waals surface area contributed by atoms with Crippen LogP contribution in [0.2, 0.25) is 0 Å². The fraction of sp³-hybridized carbons (Fsp3) is 0.312. The summed E-state index contributed by atoms with van der Waals surface area (Å²) in [6.07, 6.45) is 2.39. The van der Waals surface area contributed by atoms with E-state index in [9.17, 15) is 0 Å². The van der Waals surface area contributed by atoms with Crippen LogP contribution in [-0.2, 0) is 27.1 Å². The molecule has 0 amide bonds. The van der Waals surface area contributed by atoms with E-state index in [-0.39, 0.29) is 33.9 Å². The number of nitrogens with zero attached hydrogens (tertiary/aromatic N) is 2. The fourth-order valence-electron chi connectivity index (χ4n) is 12.6. The van der Waals surface area contributed by atoms with Crippen molar-refractivity contribution in [2.75, 3.05) is 9.71 Å². The highest BCUT2D eigenvalue weighted by Crippen LogP contribution is 2.61. The number of hydrogen-bond acceptors (Lipinski definition) is 3. The molecule has 8 aromatic rings. The summed E-state index contributed by atoms with van der Waals surface area (Å²) < 4.78 is 2.70. The Kier molecular flexibility index (Phi) is 9.18. The van der Waals surface area contributed by atoms with Crippen LogP contribution in [0.4, 0.5) is 28.4 Å². The van der Waals surface area contributed by atoms with E-state index in [1.165, 1.54) is 134 Å². The smallest absolute Gasteiger partial charge is 0.343 e. The molecule has 0 atom stereocenters. The van der Waals surface area contributed by atoms with Gasteiger partial charge >= 0.3 is 6.85 Å². The molecule has 7 aromatic carbocycles. The van der Waals surface area contributed by atoms with Crippen LogP contribution in [0, 0.1) is 6.92 Å². The maximum absolute atomic E-state index is 2.80. The Hall–Kier alpha value is -5.84. The van der Waals surface area contributed by atoms with Gasteiger partial charge in [0.1, 0.15) is 0 Å². The van der Waals surface area contributed by atoms with Gasteiger partial charge in [0.25, 0.3) is 0 Å². The molecule has 1 aromatic heterocycles. The van der Waals surface area contributed by atoms with Crippen molar-refractivity contribution in [2.24, 2.45) is 0 Å². The van der Waals surface area contributed by atoms with Crippen LogP contribution >= 0.6 is 11.3 Å². The molecule has 0 saturated heterocycles. The molecule has 0 spiro atoms. The molecule has 0 bridgehead atoms. The summed E-state index contributed by atoms with van der Waals surface area (Å²) in [6, 6.07) is 52.5. The zero-order chi connectivity index (χ0) is 47.6. The third kappa shape index (κ3) is 6.21. The molecule has 2 aliphatic heterocycles. The lowest BCUT2D eigenvalue weighted by Gasteiger charge is -2.46. The first-order valence-corrected chi connectivity index (χ1v) is 25.9. The zero-order valence-corrected chi connectivity index (χ0v) is 43.3. The third-order valence-corrected chi connectivity index (χ3v) is 17.9. The first-order chi connectivity index (χ1) is 32.1. The van der Waals surface area contributed by atoms with E-state index in [2.05, 4.69) is 233 Å². The highest BCUT2D eigenvalue weighted by molar-refractivity contribution is 7.32. The summed E-state index contributed by atoms with van der Waals surface area (Å²) in [5.74, 6) is 0. The van der Waals surface area contributed by atoms with Crippen molar-refractivity contribution in [2.45, 2.75) is 130 Å². The Balaban J connectivity index is 1.22. The van der Waals surface area contributed by atoms with Crippen molar-refractivity contribution in [3.05, 3.63) is 172 Å². The second-order valence-corrected chi connectivity index (χ2v) is 25.6. The van der Waals surface area contributed by atoms with E-state index >= 15 is 0 Å². The predicted molar refractivity (Wildman–Crippen MR) is 296 cm³/mol. The number of anilines is 5. The molecule has 0 fully saturated rings. The lowest BCUT2D eigenvalue weighted by molar-refractivity contribution is 0.331. The summed E-state index contributed by atoms with van der Waals surface area (Å²) in [5, 5.41) is 1.30. The highest BCUT2D eigenvalue weighted by Gasteiger charge is 2.51. The Morgan fingerprint density at radius 1 is 0.529 bits per heavy atom. The van der Waals surface area contributed by atoms with Gasteiger partial charge in [0, 0.05) is 54.0 Å². The molecule has 2 aliphatic carbocycles. The number of fused-ring (bicyclic) bond motifs is 11. The van der Waals surface area contributed by atoms with E-state index < -0.39 is 0 Å². The Morgan fingerprint density at radius 3 is 1.87 bits per heavy atom. The average molecular weight is 905 g/mol. The normalized spacial score (nSPS) is 17.0. The summed E-state index contributed by atoms with van der Waals surface area (Å²) in [5.41, 5.74) is 25.7. The quantitative estimate of drug-likeness (QED) is 0.163. The van der Waals surface area contributed by atoms with Crippen molar-refractivity contribution in [3.8, 4) is 33.4 Å². The summed E-state index contributed by atoms with van der Waals surface area (Å²) in [7, 11) is 0. The van der Waals surface area contributed by atoms with Crippen molar-refractivity contribution in [3.63, 3.8) is 0 Å².